The maximum atomic E-state index is 13.9. The second-order valence-electron chi connectivity index (χ2n) is 9.94. The molecule has 2 heterocycles. The standard InChI is InChI=1S/C22H37N6O6P/c1-8-9-32-20(30)22(6,7)27-35(31,11-16(29)34-21(3,4)5)14-33-15(2)10-28-13-26-17-18(23)24-12-25-19(17)28/h12-13,15H,8-11,14H2,1-7H3,(H,27,31)(H2,23,24,25). The van der Waals surface area contributed by atoms with Gasteiger partial charge in [-0.05, 0) is 48.0 Å². The number of nitrogens with zero attached hydrogens (tertiary/aromatic N) is 4. The van der Waals surface area contributed by atoms with Crippen molar-refractivity contribution < 1.29 is 28.4 Å². The number of carbonyl (C=O) groups excluding carboxylic acids is 2. The van der Waals surface area contributed by atoms with E-state index in [2.05, 4.69) is 20.0 Å². The molecule has 0 saturated heterocycles. The number of nitrogens with one attached hydrogen (secondary N) is 1. The average Bonchev–Trinajstić information content (AvgIpc) is 3.12. The largest absolute Gasteiger partial charge is 0.464 e. The van der Waals surface area contributed by atoms with E-state index in [0.717, 1.165) is 0 Å². The first-order valence-corrected chi connectivity index (χ1v) is 13.5. The normalized spacial score (nSPS) is 14.9. The molecular weight excluding hydrogens is 475 g/mol. The Balaban J connectivity index is 2.15. The van der Waals surface area contributed by atoms with Gasteiger partial charge in [0.2, 0.25) is 0 Å². The minimum absolute atomic E-state index is 0.237. The van der Waals surface area contributed by atoms with E-state index in [1.807, 2.05) is 6.92 Å². The predicted molar refractivity (Wildman–Crippen MR) is 132 cm³/mol. The van der Waals surface area contributed by atoms with Gasteiger partial charge >= 0.3 is 11.9 Å². The minimum atomic E-state index is -3.59. The number of fused-ring (bicyclic) bond motifs is 1. The molecule has 35 heavy (non-hydrogen) atoms. The van der Waals surface area contributed by atoms with Crippen molar-refractivity contribution in [1.82, 2.24) is 24.6 Å². The molecule has 0 saturated carbocycles. The zero-order valence-corrected chi connectivity index (χ0v) is 22.4. The van der Waals surface area contributed by atoms with E-state index in [0.29, 0.717) is 24.1 Å². The van der Waals surface area contributed by atoms with Gasteiger partial charge in [0.05, 0.1) is 25.6 Å². The van der Waals surface area contributed by atoms with Crippen LogP contribution in [-0.2, 0) is 34.9 Å². The number of imidazole rings is 1. The molecule has 0 aliphatic heterocycles. The Morgan fingerprint density at radius 3 is 2.51 bits per heavy atom. The first-order chi connectivity index (χ1) is 16.2. The Kier molecular flexibility index (Phi) is 9.38. The van der Waals surface area contributed by atoms with Crippen molar-refractivity contribution >= 4 is 36.2 Å². The van der Waals surface area contributed by atoms with E-state index in [1.165, 1.54) is 6.33 Å². The maximum Gasteiger partial charge on any atom is 0.326 e. The van der Waals surface area contributed by atoms with Gasteiger partial charge in [-0.1, -0.05) is 6.92 Å². The first-order valence-electron chi connectivity index (χ1n) is 11.5. The number of anilines is 1. The van der Waals surface area contributed by atoms with Crippen molar-refractivity contribution in [2.75, 3.05) is 24.9 Å². The van der Waals surface area contributed by atoms with Gasteiger partial charge in [-0.25, -0.2) is 20.0 Å². The van der Waals surface area contributed by atoms with Gasteiger partial charge in [-0.15, -0.1) is 0 Å². The monoisotopic (exact) mass is 512 g/mol. The molecule has 3 N–H and O–H groups in total. The molecule has 2 aromatic rings. The summed E-state index contributed by atoms with van der Waals surface area (Å²) in [5.41, 5.74) is 4.79. The summed E-state index contributed by atoms with van der Waals surface area (Å²) in [7, 11) is -3.59. The van der Waals surface area contributed by atoms with Crippen molar-refractivity contribution in [2.24, 2.45) is 0 Å². The van der Waals surface area contributed by atoms with Crippen molar-refractivity contribution in [2.45, 2.75) is 78.7 Å². The lowest BCUT2D eigenvalue weighted by Crippen LogP contribution is -2.47. The van der Waals surface area contributed by atoms with Crippen molar-refractivity contribution in [3.8, 4) is 0 Å². The number of nitrogen functional groups attached to an aromatic ring is 1. The van der Waals surface area contributed by atoms with E-state index in [4.69, 9.17) is 19.9 Å². The third kappa shape index (κ3) is 8.55. The predicted octanol–water partition coefficient (Wildman–Crippen LogP) is 2.71. The Morgan fingerprint density at radius 1 is 1.20 bits per heavy atom. The van der Waals surface area contributed by atoms with Crippen LogP contribution in [0.15, 0.2) is 12.7 Å². The molecule has 12 nitrogen and oxygen atoms in total. The van der Waals surface area contributed by atoms with Gasteiger partial charge in [0, 0.05) is 0 Å². The number of carbonyl (C=O) groups is 2. The van der Waals surface area contributed by atoms with Gasteiger partial charge < -0.3 is 29.1 Å². The molecule has 0 aliphatic rings. The summed E-state index contributed by atoms with van der Waals surface area (Å²) in [4.78, 5) is 37.4. The van der Waals surface area contributed by atoms with E-state index in [1.54, 1.807) is 52.4 Å². The quantitative estimate of drug-likeness (QED) is 0.318. The highest BCUT2D eigenvalue weighted by atomic mass is 31.2. The van der Waals surface area contributed by atoms with Crippen LogP contribution in [0.2, 0.25) is 0 Å². The molecule has 0 bridgehead atoms. The second-order valence-corrected chi connectivity index (χ2v) is 12.5. The lowest BCUT2D eigenvalue weighted by atomic mass is 10.1. The molecule has 2 atom stereocenters. The van der Waals surface area contributed by atoms with E-state index >= 15 is 0 Å². The smallest absolute Gasteiger partial charge is 0.326 e. The number of hydrogen-bond donors (Lipinski definition) is 2. The van der Waals surface area contributed by atoms with Gasteiger partial charge in [-0.2, -0.15) is 0 Å². The molecule has 0 radical (unpaired) electrons. The van der Waals surface area contributed by atoms with E-state index in [-0.39, 0.29) is 18.8 Å². The maximum absolute atomic E-state index is 13.9. The van der Waals surface area contributed by atoms with Crippen molar-refractivity contribution in [1.29, 1.82) is 0 Å². The zero-order valence-electron chi connectivity index (χ0n) is 21.5. The molecule has 0 aliphatic carbocycles. The van der Waals surface area contributed by atoms with Crippen LogP contribution in [0.25, 0.3) is 11.2 Å². The van der Waals surface area contributed by atoms with Gasteiger partial charge in [0.1, 0.15) is 35.5 Å². The Hall–Kier alpha value is -2.56. The number of rotatable bonds is 12. The molecule has 2 unspecified atom stereocenters. The van der Waals surface area contributed by atoms with Crippen LogP contribution in [0.4, 0.5) is 5.82 Å². The van der Waals surface area contributed by atoms with Crippen LogP contribution >= 0.6 is 7.29 Å². The zero-order chi connectivity index (χ0) is 26.4. The fraction of sp³-hybridized carbons (Fsp3) is 0.682. The number of hydrogen-bond acceptors (Lipinski definition) is 10. The number of esters is 2. The van der Waals surface area contributed by atoms with E-state index in [9.17, 15) is 14.2 Å². The lowest BCUT2D eigenvalue weighted by Gasteiger charge is -2.31. The second kappa shape index (κ2) is 11.5. The Morgan fingerprint density at radius 2 is 1.89 bits per heavy atom. The highest BCUT2D eigenvalue weighted by Gasteiger charge is 2.39. The van der Waals surface area contributed by atoms with Crippen LogP contribution in [-0.4, -0.2) is 67.8 Å². The fourth-order valence-corrected chi connectivity index (χ4v) is 5.56. The summed E-state index contributed by atoms with van der Waals surface area (Å²) in [6.45, 7) is 12.5. The first kappa shape index (κ1) is 28.7. The van der Waals surface area contributed by atoms with Gasteiger partial charge in [-0.3, -0.25) is 9.59 Å². The highest BCUT2D eigenvalue weighted by molar-refractivity contribution is 7.62. The van der Waals surface area contributed by atoms with Crippen LogP contribution in [0.3, 0.4) is 0 Å². The number of nitrogens with two attached hydrogens (primary N) is 1. The van der Waals surface area contributed by atoms with Crippen molar-refractivity contribution in [3.63, 3.8) is 0 Å². The molecule has 13 heteroatoms. The SMILES string of the molecule is CCCOC(=O)C(C)(C)NP(=O)(COC(C)Cn1cnc2c(N)ncnc21)CC(=O)OC(C)(C)C. The fourth-order valence-electron chi connectivity index (χ4n) is 3.24. The van der Waals surface area contributed by atoms with Crippen LogP contribution in [0.1, 0.15) is 54.9 Å². The molecule has 196 valence electrons. The summed E-state index contributed by atoms with van der Waals surface area (Å²) in [5, 5.41) is 2.85. The molecule has 0 spiro atoms. The topological polar surface area (TPSA) is 161 Å². The summed E-state index contributed by atoms with van der Waals surface area (Å²) < 4.78 is 32.1. The number of ether oxygens (including phenoxy) is 3. The molecule has 0 fully saturated rings. The third-order valence-electron chi connectivity index (χ3n) is 4.69. The molecule has 0 aromatic carbocycles. The molecule has 0 amide bonds. The summed E-state index contributed by atoms with van der Waals surface area (Å²) >= 11 is 0. The molecule has 2 rings (SSSR count). The lowest BCUT2D eigenvalue weighted by molar-refractivity contribution is -0.152. The summed E-state index contributed by atoms with van der Waals surface area (Å²) in [6.07, 6.45) is 2.38. The van der Waals surface area contributed by atoms with E-state index < -0.39 is 42.6 Å². The summed E-state index contributed by atoms with van der Waals surface area (Å²) in [6, 6.07) is 0. The third-order valence-corrected chi connectivity index (χ3v) is 6.99. The number of aromatic nitrogens is 4. The van der Waals surface area contributed by atoms with Crippen LogP contribution in [0.5, 0.6) is 0 Å². The Bertz CT molecular complexity index is 1080. The highest BCUT2D eigenvalue weighted by Crippen LogP contribution is 2.44. The van der Waals surface area contributed by atoms with Crippen molar-refractivity contribution in [3.05, 3.63) is 12.7 Å². The average molecular weight is 513 g/mol. The molecular formula is C22H37N6O6P. The van der Waals surface area contributed by atoms with Crippen LogP contribution in [0, 0.1) is 0 Å². The minimum Gasteiger partial charge on any atom is -0.464 e. The van der Waals surface area contributed by atoms with Crippen LogP contribution < -0.4 is 10.8 Å². The Labute approximate surface area is 205 Å². The molecule has 2 aromatic heterocycles. The summed E-state index contributed by atoms with van der Waals surface area (Å²) in [5.74, 6) is -0.959. The van der Waals surface area contributed by atoms with Gasteiger partial charge in [0.25, 0.3) is 0 Å². The van der Waals surface area contributed by atoms with Gasteiger partial charge in [0.15, 0.2) is 18.8 Å².